The van der Waals surface area contributed by atoms with Crippen molar-refractivity contribution in [3.05, 3.63) is 43.3 Å². The van der Waals surface area contributed by atoms with E-state index in [2.05, 4.69) is 42.2 Å². The van der Waals surface area contributed by atoms with Gasteiger partial charge in [-0.2, -0.15) is 0 Å². The molecule has 2 aromatic rings. The van der Waals surface area contributed by atoms with Gasteiger partial charge in [-0.25, -0.2) is 4.98 Å². The first-order valence-corrected chi connectivity index (χ1v) is 8.28. The molecule has 0 bridgehead atoms. The predicted molar refractivity (Wildman–Crippen MR) is 83.9 cm³/mol. The third kappa shape index (κ3) is 2.90. The van der Waals surface area contributed by atoms with Crippen molar-refractivity contribution < 1.29 is 4.79 Å². The number of hydrogen-bond donors (Lipinski definition) is 1. The van der Waals surface area contributed by atoms with Crippen molar-refractivity contribution in [1.29, 1.82) is 0 Å². The lowest BCUT2D eigenvalue weighted by Crippen LogP contribution is -2.11. The maximum absolute atomic E-state index is 12.2. The van der Waals surface area contributed by atoms with E-state index in [1.165, 1.54) is 11.3 Å². The van der Waals surface area contributed by atoms with E-state index < -0.39 is 0 Å². The third-order valence-electron chi connectivity index (χ3n) is 2.94. The average molecular weight is 402 g/mol. The highest BCUT2D eigenvalue weighted by Gasteiger charge is 2.18. The Hall–Kier alpha value is -0.720. The van der Waals surface area contributed by atoms with Crippen molar-refractivity contribution in [2.75, 3.05) is 5.32 Å². The van der Waals surface area contributed by atoms with Gasteiger partial charge in [0.25, 0.3) is 5.91 Å². The minimum absolute atomic E-state index is 0.130. The summed E-state index contributed by atoms with van der Waals surface area (Å²) in [6.45, 7) is 0. The Labute approximate surface area is 131 Å². The highest BCUT2D eigenvalue weighted by atomic mass is 79.9. The number of carbonyl (C=O) groups is 1. The van der Waals surface area contributed by atoms with Crippen LogP contribution in [0.25, 0.3) is 0 Å². The number of thiazole rings is 1. The fourth-order valence-corrected chi connectivity index (χ4v) is 4.44. The molecule has 98 valence electrons. The second-order valence-electron chi connectivity index (χ2n) is 4.35. The lowest BCUT2D eigenvalue weighted by molar-refractivity contribution is 0.102. The van der Waals surface area contributed by atoms with Gasteiger partial charge < -0.3 is 0 Å². The molecule has 0 atom stereocenters. The Balaban J connectivity index is 1.80. The molecule has 3 rings (SSSR count). The van der Waals surface area contributed by atoms with Gasteiger partial charge in [0.05, 0.1) is 5.69 Å². The highest BCUT2D eigenvalue weighted by Crippen LogP contribution is 2.30. The number of anilines is 1. The molecule has 1 N–H and O–H groups in total. The Bertz CT molecular complexity index is 612. The molecule has 19 heavy (non-hydrogen) atoms. The molecule has 6 heteroatoms. The molecule has 1 aliphatic rings. The number of aromatic nitrogens is 1. The lowest BCUT2D eigenvalue weighted by Gasteiger charge is -2.03. The minimum atomic E-state index is -0.130. The normalized spacial score (nSPS) is 13.4. The molecule has 0 spiro atoms. The first-order valence-electron chi connectivity index (χ1n) is 5.88. The van der Waals surface area contributed by atoms with Crippen LogP contribution in [0.1, 0.15) is 27.3 Å². The van der Waals surface area contributed by atoms with Crippen molar-refractivity contribution in [3.63, 3.8) is 0 Å². The minimum Gasteiger partial charge on any atom is -0.298 e. The molecule has 0 radical (unpaired) electrons. The summed E-state index contributed by atoms with van der Waals surface area (Å²) < 4.78 is 1.74. The summed E-state index contributed by atoms with van der Waals surface area (Å²) in [6, 6.07) is 5.48. The van der Waals surface area contributed by atoms with Gasteiger partial charge in [-0.15, -0.1) is 11.3 Å². The van der Waals surface area contributed by atoms with E-state index in [1.54, 1.807) is 23.5 Å². The molecule has 1 amide bonds. The van der Waals surface area contributed by atoms with E-state index in [0.29, 0.717) is 10.7 Å². The Morgan fingerprint density at radius 3 is 2.63 bits per heavy atom. The van der Waals surface area contributed by atoms with E-state index in [9.17, 15) is 4.79 Å². The van der Waals surface area contributed by atoms with Gasteiger partial charge in [0.1, 0.15) is 0 Å². The van der Waals surface area contributed by atoms with Crippen molar-refractivity contribution in [2.45, 2.75) is 19.3 Å². The zero-order chi connectivity index (χ0) is 13.4. The fraction of sp³-hybridized carbons (Fsp3) is 0.231. The molecule has 0 saturated heterocycles. The van der Waals surface area contributed by atoms with Crippen molar-refractivity contribution in [1.82, 2.24) is 4.98 Å². The fourth-order valence-electron chi connectivity index (χ4n) is 2.10. The molecule has 1 aliphatic carbocycles. The van der Waals surface area contributed by atoms with E-state index in [0.717, 1.165) is 27.5 Å². The quantitative estimate of drug-likeness (QED) is 0.809. The van der Waals surface area contributed by atoms with Gasteiger partial charge in [0, 0.05) is 19.4 Å². The van der Waals surface area contributed by atoms with Gasteiger partial charge in [-0.05, 0) is 37.5 Å². The number of hydrogen-bond acceptors (Lipinski definition) is 3. The van der Waals surface area contributed by atoms with Crippen LogP contribution in [0.4, 0.5) is 5.13 Å². The molecule has 0 saturated carbocycles. The molecule has 0 aliphatic heterocycles. The smallest absolute Gasteiger partial charge is 0.257 e. The van der Waals surface area contributed by atoms with Crippen LogP contribution >= 0.6 is 43.2 Å². The van der Waals surface area contributed by atoms with E-state index in [1.807, 2.05) is 6.07 Å². The number of amides is 1. The predicted octanol–water partition coefficient (Wildman–Crippen LogP) is 4.41. The van der Waals surface area contributed by atoms with Crippen LogP contribution in [0.15, 0.2) is 27.1 Å². The standard InChI is InChI=1S/C13H10Br2N2OS/c14-8-4-7(5-9(15)6-8)12(18)17-13-16-10-2-1-3-11(10)19-13/h4-6H,1-3H2,(H,16,17,18). The van der Waals surface area contributed by atoms with Crippen LogP contribution in [0.5, 0.6) is 0 Å². The zero-order valence-electron chi connectivity index (χ0n) is 9.87. The van der Waals surface area contributed by atoms with Crippen LogP contribution in [0, 0.1) is 0 Å². The van der Waals surface area contributed by atoms with Gasteiger partial charge in [-0.3, -0.25) is 10.1 Å². The summed E-state index contributed by atoms with van der Waals surface area (Å²) in [5.74, 6) is -0.130. The molecule has 0 unspecified atom stereocenters. The molecular formula is C13H10Br2N2OS. The van der Waals surface area contributed by atoms with Crippen LogP contribution in [0.3, 0.4) is 0 Å². The van der Waals surface area contributed by atoms with Gasteiger partial charge >= 0.3 is 0 Å². The number of benzene rings is 1. The number of rotatable bonds is 2. The van der Waals surface area contributed by atoms with Gasteiger partial charge in [0.15, 0.2) is 5.13 Å². The SMILES string of the molecule is O=C(Nc1nc2c(s1)CCC2)c1cc(Br)cc(Br)c1. The number of fused-ring (bicyclic) bond motifs is 1. The van der Waals surface area contributed by atoms with Crippen molar-refractivity contribution in [2.24, 2.45) is 0 Å². The van der Waals surface area contributed by atoms with E-state index in [4.69, 9.17) is 0 Å². The number of aryl methyl sites for hydroxylation is 2. The highest BCUT2D eigenvalue weighted by molar-refractivity contribution is 9.11. The summed E-state index contributed by atoms with van der Waals surface area (Å²) in [5.41, 5.74) is 1.76. The number of halogens is 2. The molecule has 3 nitrogen and oxygen atoms in total. The Morgan fingerprint density at radius 1 is 1.21 bits per heavy atom. The largest absolute Gasteiger partial charge is 0.298 e. The monoisotopic (exact) mass is 400 g/mol. The molecule has 1 heterocycles. The zero-order valence-corrected chi connectivity index (χ0v) is 13.9. The van der Waals surface area contributed by atoms with Crippen molar-refractivity contribution in [3.8, 4) is 0 Å². The Morgan fingerprint density at radius 2 is 1.95 bits per heavy atom. The summed E-state index contributed by atoms with van der Waals surface area (Å²) in [7, 11) is 0. The second kappa shape index (κ2) is 5.34. The summed E-state index contributed by atoms with van der Waals surface area (Å²) in [6.07, 6.45) is 3.30. The van der Waals surface area contributed by atoms with Crippen LogP contribution in [0.2, 0.25) is 0 Å². The summed E-state index contributed by atoms with van der Waals surface area (Å²) in [4.78, 5) is 17.9. The van der Waals surface area contributed by atoms with E-state index >= 15 is 0 Å². The number of nitrogens with one attached hydrogen (secondary N) is 1. The first kappa shape index (κ1) is 13.3. The maximum Gasteiger partial charge on any atom is 0.257 e. The van der Waals surface area contributed by atoms with Crippen LogP contribution in [-0.2, 0) is 12.8 Å². The second-order valence-corrected chi connectivity index (χ2v) is 7.27. The Kier molecular flexibility index (Phi) is 3.73. The molecule has 0 fully saturated rings. The first-order chi connectivity index (χ1) is 9.11. The number of carbonyl (C=O) groups excluding carboxylic acids is 1. The van der Waals surface area contributed by atoms with E-state index in [-0.39, 0.29) is 5.91 Å². The molecular weight excluding hydrogens is 392 g/mol. The molecule has 1 aromatic heterocycles. The number of nitrogens with zero attached hydrogens (tertiary/aromatic N) is 1. The lowest BCUT2D eigenvalue weighted by atomic mass is 10.2. The van der Waals surface area contributed by atoms with Gasteiger partial charge in [0.2, 0.25) is 0 Å². The van der Waals surface area contributed by atoms with Crippen molar-refractivity contribution >= 4 is 54.2 Å². The average Bonchev–Trinajstić information content (AvgIpc) is 2.88. The topological polar surface area (TPSA) is 42.0 Å². The van der Waals surface area contributed by atoms with Crippen LogP contribution < -0.4 is 5.32 Å². The maximum atomic E-state index is 12.2. The summed E-state index contributed by atoms with van der Waals surface area (Å²) in [5, 5.41) is 3.57. The molecule has 1 aromatic carbocycles. The summed E-state index contributed by atoms with van der Waals surface area (Å²) >= 11 is 8.35. The van der Waals surface area contributed by atoms with Gasteiger partial charge in [-0.1, -0.05) is 31.9 Å². The third-order valence-corrected chi connectivity index (χ3v) is 4.93. The van der Waals surface area contributed by atoms with Crippen LogP contribution in [-0.4, -0.2) is 10.9 Å².